The van der Waals surface area contributed by atoms with Gasteiger partial charge in [0.1, 0.15) is 17.9 Å². The average Bonchev–Trinajstić information content (AvgIpc) is 3.37. The van der Waals surface area contributed by atoms with E-state index in [4.69, 9.17) is 19.9 Å². The highest BCUT2D eigenvalue weighted by Gasteiger charge is 2.16. The van der Waals surface area contributed by atoms with Crippen LogP contribution >= 0.6 is 0 Å². The quantitative estimate of drug-likeness (QED) is 0.549. The van der Waals surface area contributed by atoms with Crippen molar-refractivity contribution in [2.45, 2.75) is 12.5 Å². The Bertz CT molecular complexity index is 1060. The van der Waals surface area contributed by atoms with Gasteiger partial charge in [-0.15, -0.1) is 0 Å². The zero-order valence-corrected chi connectivity index (χ0v) is 16.6. The number of nitrogens with two attached hydrogens (primary N) is 1. The standard InChI is InChI=1S/C21H23FN4O4/c1-26-20-14(11-25-26)8-13(21(23)27)9-19(20)30-18-3-2-15(10-17(18)22)28-6-7-29-16-4-5-24-12-16/h2-3,8-11,16,24H,4-7,12H2,1H3,(H2,23,27). The predicted molar refractivity (Wildman–Crippen MR) is 108 cm³/mol. The summed E-state index contributed by atoms with van der Waals surface area (Å²) >= 11 is 0. The maximum absolute atomic E-state index is 14.6. The van der Waals surface area contributed by atoms with Crippen molar-refractivity contribution in [1.29, 1.82) is 0 Å². The van der Waals surface area contributed by atoms with Crippen LogP contribution < -0.4 is 20.5 Å². The Labute approximate surface area is 172 Å². The monoisotopic (exact) mass is 414 g/mol. The molecular weight excluding hydrogens is 391 g/mol. The minimum atomic E-state index is -0.606. The first-order chi connectivity index (χ1) is 14.5. The summed E-state index contributed by atoms with van der Waals surface area (Å²) in [6.45, 7) is 2.57. The molecule has 1 aliphatic heterocycles. The number of fused-ring (bicyclic) bond motifs is 1. The number of carbonyl (C=O) groups excluding carboxylic acids is 1. The van der Waals surface area contributed by atoms with Crippen molar-refractivity contribution in [3.63, 3.8) is 0 Å². The fourth-order valence-electron chi connectivity index (χ4n) is 3.42. The van der Waals surface area contributed by atoms with Crippen molar-refractivity contribution in [1.82, 2.24) is 15.1 Å². The summed E-state index contributed by atoms with van der Waals surface area (Å²) in [5.41, 5.74) is 6.27. The van der Waals surface area contributed by atoms with Crippen LogP contribution in [0.3, 0.4) is 0 Å². The van der Waals surface area contributed by atoms with Crippen LogP contribution in [-0.2, 0) is 11.8 Å². The molecule has 0 spiro atoms. The van der Waals surface area contributed by atoms with Gasteiger partial charge in [-0.3, -0.25) is 9.48 Å². The smallest absolute Gasteiger partial charge is 0.248 e. The van der Waals surface area contributed by atoms with Crippen molar-refractivity contribution >= 4 is 16.8 Å². The van der Waals surface area contributed by atoms with E-state index < -0.39 is 11.7 Å². The van der Waals surface area contributed by atoms with Crippen LogP contribution in [0.4, 0.5) is 4.39 Å². The van der Waals surface area contributed by atoms with E-state index >= 15 is 0 Å². The number of benzene rings is 2. The van der Waals surface area contributed by atoms with Gasteiger partial charge in [0.2, 0.25) is 5.91 Å². The summed E-state index contributed by atoms with van der Waals surface area (Å²) in [4.78, 5) is 11.6. The number of primary amides is 1. The second-order valence-electron chi connectivity index (χ2n) is 7.07. The number of nitrogens with zero attached hydrogens (tertiary/aromatic N) is 2. The summed E-state index contributed by atoms with van der Waals surface area (Å²) in [7, 11) is 1.73. The van der Waals surface area contributed by atoms with Gasteiger partial charge in [0, 0.05) is 30.6 Å². The molecule has 2 heterocycles. The number of aryl methyl sites for hydroxylation is 1. The Morgan fingerprint density at radius 1 is 1.30 bits per heavy atom. The van der Waals surface area contributed by atoms with Crippen LogP contribution in [0.15, 0.2) is 36.5 Å². The summed E-state index contributed by atoms with van der Waals surface area (Å²) < 4.78 is 33.2. The third-order valence-corrected chi connectivity index (χ3v) is 4.93. The second kappa shape index (κ2) is 8.68. The molecule has 0 aliphatic carbocycles. The molecule has 2 aromatic carbocycles. The number of halogens is 1. The Morgan fingerprint density at radius 2 is 2.17 bits per heavy atom. The van der Waals surface area contributed by atoms with Crippen LogP contribution in [0.25, 0.3) is 10.9 Å². The van der Waals surface area contributed by atoms with E-state index in [0.29, 0.717) is 29.9 Å². The van der Waals surface area contributed by atoms with Crippen LogP contribution in [0.1, 0.15) is 16.8 Å². The normalized spacial score (nSPS) is 16.1. The molecular formula is C21H23FN4O4. The van der Waals surface area contributed by atoms with Crippen LogP contribution in [0.2, 0.25) is 0 Å². The molecule has 1 aromatic heterocycles. The number of ether oxygens (including phenoxy) is 3. The van der Waals surface area contributed by atoms with Gasteiger partial charge in [0.15, 0.2) is 17.3 Å². The molecule has 1 saturated heterocycles. The number of hydrogen-bond donors (Lipinski definition) is 2. The number of aromatic nitrogens is 2. The average molecular weight is 414 g/mol. The van der Waals surface area contributed by atoms with E-state index in [0.717, 1.165) is 19.5 Å². The maximum atomic E-state index is 14.6. The minimum Gasteiger partial charge on any atom is -0.491 e. The molecule has 1 atom stereocenters. The van der Waals surface area contributed by atoms with Crippen molar-refractivity contribution in [3.8, 4) is 17.2 Å². The van der Waals surface area contributed by atoms with E-state index in [-0.39, 0.29) is 23.2 Å². The molecule has 3 N–H and O–H groups in total. The molecule has 9 heteroatoms. The number of nitrogens with one attached hydrogen (secondary N) is 1. The fraction of sp³-hybridized carbons (Fsp3) is 0.333. The highest BCUT2D eigenvalue weighted by molar-refractivity contribution is 5.99. The largest absolute Gasteiger partial charge is 0.491 e. The van der Waals surface area contributed by atoms with E-state index in [2.05, 4.69) is 10.4 Å². The van der Waals surface area contributed by atoms with Crippen molar-refractivity contribution in [2.24, 2.45) is 12.8 Å². The van der Waals surface area contributed by atoms with E-state index in [1.807, 2.05) is 0 Å². The van der Waals surface area contributed by atoms with Gasteiger partial charge >= 0.3 is 0 Å². The molecule has 0 saturated carbocycles. The zero-order valence-electron chi connectivity index (χ0n) is 16.6. The molecule has 3 aromatic rings. The maximum Gasteiger partial charge on any atom is 0.248 e. The molecule has 4 rings (SSSR count). The highest BCUT2D eigenvalue weighted by Crippen LogP contribution is 2.33. The lowest BCUT2D eigenvalue weighted by molar-refractivity contribution is 0.0455. The van der Waals surface area contributed by atoms with Gasteiger partial charge in [-0.2, -0.15) is 5.10 Å². The van der Waals surface area contributed by atoms with Gasteiger partial charge in [0.25, 0.3) is 0 Å². The second-order valence-corrected chi connectivity index (χ2v) is 7.07. The zero-order chi connectivity index (χ0) is 21.1. The number of rotatable bonds is 8. The highest BCUT2D eigenvalue weighted by atomic mass is 19.1. The van der Waals surface area contributed by atoms with Gasteiger partial charge in [0.05, 0.1) is 18.9 Å². The molecule has 1 amide bonds. The Balaban J connectivity index is 1.46. The van der Waals surface area contributed by atoms with Gasteiger partial charge in [-0.1, -0.05) is 0 Å². The van der Waals surface area contributed by atoms with E-state index in [1.165, 1.54) is 18.2 Å². The number of hydrogen-bond acceptors (Lipinski definition) is 6. The number of amides is 1. The van der Waals surface area contributed by atoms with E-state index in [1.54, 1.807) is 30.1 Å². The fourth-order valence-corrected chi connectivity index (χ4v) is 3.42. The number of carbonyl (C=O) groups is 1. The van der Waals surface area contributed by atoms with Gasteiger partial charge in [-0.25, -0.2) is 4.39 Å². The molecule has 1 fully saturated rings. The molecule has 0 radical (unpaired) electrons. The summed E-state index contributed by atoms with van der Waals surface area (Å²) in [5, 5.41) is 8.06. The molecule has 1 aliphatic rings. The Hall–Kier alpha value is -3.17. The van der Waals surface area contributed by atoms with Crippen molar-refractivity contribution in [3.05, 3.63) is 47.9 Å². The molecule has 1 unspecified atom stereocenters. The van der Waals surface area contributed by atoms with Crippen LogP contribution in [0, 0.1) is 5.82 Å². The molecule has 158 valence electrons. The third kappa shape index (κ3) is 4.37. The van der Waals surface area contributed by atoms with Gasteiger partial charge < -0.3 is 25.3 Å². The molecule has 30 heavy (non-hydrogen) atoms. The van der Waals surface area contributed by atoms with E-state index in [9.17, 15) is 9.18 Å². The summed E-state index contributed by atoms with van der Waals surface area (Å²) in [5.74, 6) is -0.532. The topological polar surface area (TPSA) is 101 Å². The first-order valence-corrected chi connectivity index (χ1v) is 9.69. The summed E-state index contributed by atoms with van der Waals surface area (Å²) in [6, 6.07) is 7.45. The first-order valence-electron chi connectivity index (χ1n) is 9.69. The lowest BCUT2D eigenvalue weighted by atomic mass is 10.1. The predicted octanol–water partition coefficient (Wildman–Crippen LogP) is 2.36. The summed E-state index contributed by atoms with van der Waals surface area (Å²) in [6.07, 6.45) is 2.79. The molecule has 0 bridgehead atoms. The first kappa shape index (κ1) is 20.1. The molecule has 8 nitrogen and oxygen atoms in total. The van der Waals surface area contributed by atoms with Crippen molar-refractivity contribution in [2.75, 3.05) is 26.3 Å². The lowest BCUT2D eigenvalue weighted by Crippen LogP contribution is -2.19. The van der Waals surface area contributed by atoms with Gasteiger partial charge in [-0.05, 0) is 37.2 Å². The van der Waals surface area contributed by atoms with Crippen molar-refractivity contribution < 1.29 is 23.4 Å². The lowest BCUT2D eigenvalue weighted by Gasteiger charge is -2.13. The Morgan fingerprint density at radius 3 is 2.90 bits per heavy atom. The van der Waals surface area contributed by atoms with Crippen LogP contribution in [0.5, 0.6) is 17.2 Å². The third-order valence-electron chi connectivity index (χ3n) is 4.93. The Kier molecular flexibility index (Phi) is 5.82. The minimum absolute atomic E-state index is 0.000231. The SMILES string of the molecule is Cn1ncc2cc(C(N)=O)cc(Oc3ccc(OCCOC4CCNC4)cc3F)c21. The van der Waals surface area contributed by atoms with Crippen LogP contribution in [-0.4, -0.2) is 48.1 Å².